The van der Waals surface area contributed by atoms with Crippen molar-refractivity contribution in [3.63, 3.8) is 0 Å². The quantitative estimate of drug-likeness (QED) is 0.521. The molecule has 0 saturated carbocycles. The van der Waals surface area contributed by atoms with Crippen molar-refractivity contribution < 1.29 is 9.72 Å². The van der Waals surface area contributed by atoms with Crippen LogP contribution in [0.4, 0.5) is 11.4 Å². The van der Waals surface area contributed by atoms with Crippen molar-refractivity contribution in [2.75, 3.05) is 5.32 Å². The Morgan fingerprint density at radius 3 is 2.64 bits per heavy atom. The summed E-state index contributed by atoms with van der Waals surface area (Å²) in [5.74, 6) is -0.336. The highest BCUT2D eigenvalue weighted by atomic mass is 35.5. The van der Waals surface area contributed by atoms with Crippen LogP contribution >= 0.6 is 11.6 Å². The van der Waals surface area contributed by atoms with Crippen molar-refractivity contribution in [1.82, 2.24) is 0 Å². The van der Waals surface area contributed by atoms with E-state index in [4.69, 9.17) is 11.6 Å². The summed E-state index contributed by atoms with van der Waals surface area (Å²) in [5, 5.41) is 13.9. The lowest BCUT2D eigenvalue weighted by atomic mass is 10.1. The first-order valence-corrected chi connectivity index (χ1v) is 6.84. The van der Waals surface area contributed by atoms with Gasteiger partial charge in [0, 0.05) is 28.9 Å². The fourth-order valence-corrected chi connectivity index (χ4v) is 2.05. The van der Waals surface area contributed by atoms with Gasteiger partial charge in [-0.15, -0.1) is 0 Å². The molecule has 0 aliphatic carbocycles. The van der Waals surface area contributed by atoms with E-state index in [2.05, 4.69) is 5.32 Å². The van der Waals surface area contributed by atoms with E-state index in [1.165, 1.54) is 24.3 Å². The van der Waals surface area contributed by atoms with Gasteiger partial charge in [0.2, 0.25) is 5.91 Å². The Bertz CT molecular complexity index is 757. The predicted octanol–water partition coefficient (Wildman–Crippen LogP) is 4.21. The summed E-state index contributed by atoms with van der Waals surface area (Å²) in [6.07, 6.45) is 2.97. The lowest BCUT2D eigenvalue weighted by molar-refractivity contribution is -0.384. The molecule has 2 aromatic rings. The number of amides is 1. The average Bonchev–Trinajstić information content (AvgIpc) is 2.48. The second-order valence-electron chi connectivity index (χ2n) is 4.60. The lowest BCUT2D eigenvalue weighted by Crippen LogP contribution is -2.09. The molecule has 0 aliphatic heterocycles. The largest absolute Gasteiger partial charge is 0.322 e. The Morgan fingerprint density at radius 2 is 2.00 bits per heavy atom. The van der Waals surface area contributed by atoms with E-state index in [1.54, 1.807) is 31.2 Å². The van der Waals surface area contributed by atoms with E-state index in [1.807, 2.05) is 6.07 Å². The van der Waals surface area contributed by atoms with Crippen LogP contribution in [0.15, 0.2) is 48.5 Å². The van der Waals surface area contributed by atoms with Gasteiger partial charge in [-0.25, -0.2) is 0 Å². The minimum atomic E-state index is -0.476. The summed E-state index contributed by atoms with van der Waals surface area (Å²) in [4.78, 5) is 22.1. The summed E-state index contributed by atoms with van der Waals surface area (Å²) in [6, 6.07) is 11.4. The molecule has 1 N–H and O–H groups in total. The van der Waals surface area contributed by atoms with Gasteiger partial charge in [0.15, 0.2) is 0 Å². The Labute approximate surface area is 132 Å². The number of halogens is 1. The molecule has 0 radical (unpaired) electrons. The molecule has 0 unspecified atom stereocenters. The van der Waals surface area contributed by atoms with Crippen LogP contribution in [0.2, 0.25) is 5.02 Å². The van der Waals surface area contributed by atoms with E-state index in [0.717, 1.165) is 5.56 Å². The molecular weight excluding hydrogens is 304 g/mol. The molecule has 112 valence electrons. The molecule has 0 heterocycles. The van der Waals surface area contributed by atoms with Gasteiger partial charge in [0.25, 0.3) is 5.69 Å². The van der Waals surface area contributed by atoms with Crippen LogP contribution in [-0.2, 0) is 4.79 Å². The van der Waals surface area contributed by atoms with Gasteiger partial charge in [0.1, 0.15) is 0 Å². The van der Waals surface area contributed by atoms with Crippen LogP contribution in [0.1, 0.15) is 11.1 Å². The maximum absolute atomic E-state index is 11.9. The summed E-state index contributed by atoms with van der Waals surface area (Å²) >= 11 is 5.99. The van der Waals surface area contributed by atoms with Crippen LogP contribution in [0.25, 0.3) is 6.08 Å². The number of rotatable bonds is 4. The second-order valence-corrected chi connectivity index (χ2v) is 5.01. The molecule has 0 aliphatic rings. The number of hydrogen-bond acceptors (Lipinski definition) is 3. The highest BCUT2D eigenvalue weighted by molar-refractivity contribution is 6.32. The van der Waals surface area contributed by atoms with Crippen LogP contribution in [-0.4, -0.2) is 10.8 Å². The summed E-state index contributed by atoms with van der Waals surface area (Å²) in [6.45, 7) is 1.69. The van der Waals surface area contributed by atoms with Crippen molar-refractivity contribution in [2.45, 2.75) is 6.92 Å². The number of benzene rings is 2. The van der Waals surface area contributed by atoms with Crippen LogP contribution in [0.3, 0.4) is 0 Å². The highest BCUT2D eigenvalue weighted by Gasteiger charge is 2.09. The molecule has 1 amide bonds. The minimum Gasteiger partial charge on any atom is -0.322 e. The van der Waals surface area contributed by atoms with E-state index in [0.29, 0.717) is 16.3 Å². The molecule has 0 fully saturated rings. The summed E-state index contributed by atoms with van der Waals surface area (Å²) < 4.78 is 0. The van der Waals surface area contributed by atoms with Crippen molar-refractivity contribution in [2.24, 2.45) is 0 Å². The summed E-state index contributed by atoms with van der Waals surface area (Å²) in [5.41, 5.74) is 1.87. The van der Waals surface area contributed by atoms with Crippen LogP contribution in [0.5, 0.6) is 0 Å². The molecule has 0 spiro atoms. The second kappa shape index (κ2) is 6.87. The molecule has 0 bridgehead atoms. The SMILES string of the molecule is Cc1cc([N+](=O)[O-])ccc1NC(=O)/C=C/c1ccccc1Cl. The number of nitro groups is 1. The Kier molecular flexibility index (Phi) is 4.91. The Morgan fingerprint density at radius 1 is 1.27 bits per heavy atom. The first kappa shape index (κ1) is 15.7. The number of nitrogens with one attached hydrogen (secondary N) is 1. The first-order valence-electron chi connectivity index (χ1n) is 6.46. The number of non-ortho nitro benzene ring substituents is 1. The van der Waals surface area contributed by atoms with Gasteiger partial charge in [0.05, 0.1) is 4.92 Å². The number of aryl methyl sites for hydroxylation is 1. The Balaban J connectivity index is 2.09. The number of nitrogens with zero attached hydrogens (tertiary/aromatic N) is 1. The molecule has 5 nitrogen and oxygen atoms in total. The zero-order valence-corrected chi connectivity index (χ0v) is 12.5. The zero-order chi connectivity index (χ0) is 16.1. The molecule has 22 heavy (non-hydrogen) atoms. The third-order valence-corrected chi connectivity index (χ3v) is 3.34. The molecular formula is C16H13ClN2O3. The van der Waals surface area contributed by atoms with Gasteiger partial charge in [-0.1, -0.05) is 29.8 Å². The fraction of sp³-hybridized carbons (Fsp3) is 0.0625. The molecule has 0 saturated heterocycles. The molecule has 0 atom stereocenters. The molecule has 0 aromatic heterocycles. The van der Waals surface area contributed by atoms with Crippen molar-refractivity contribution >= 4 is 35.0 Å². The third-order valence-electron chi connectivity index (χ3n) is 3.00. The van der Waals surface area contributed by atoms with Gasteiger partial charge in [-0.3, -0.25) is 14.9 Å². The van der Waals surface area contributed by atoms with Crippen molar-refractivity contribution in [3.8, 4) is 0 Å². The van der Waals surface area contributed by atoms with Crippen molar-refractivity contribution in [1.29, 1.82) is 0 Å². The third kappa shape index (κ3) is 3.93. The number of carbonyl (C=O) groups excluding carboxylic acids is 1. The molecule has 2 rings (SSSR count). The minimum absolute atomic E-state index is 0.0119. The predicted molar refractivity (Wildman–Crippen MR) is 86.9 cm³/mol. The van der Waals surface area contributed by atoms with Crippen LogP contribution < -0.4 is 5.32 Å². The first-order chi connectivity index (χ1) is 10.5. The monoisotopic (exact) mass is 316 g/mol. The number of hydrogen-bond donors (Lipinski definition) is 1. The van der Waals surface area contributed by atoms with Crippen LogP contribution in [0, 0.1) is 17.0 Å². The maximum Gasteiger partial charge on any atom is 0.269 e. The number of anilines is 1. The van der Waals surface area contributed by atoms with Crippen molar-refractivity contribution in [3.05, 3.63) is 74.8 Å². The average molecular weight is 317 g/mol. The standard InChI is InChI=1S/C16H13ClN2O3/c1-11-10-13(19(21)22)7-8-15(11)18-16(20)9-6-12-4-2-3-5-14(12)17/h2-10H,1H3,(H,18,20)/b9-6+. The van der Waals surface area contributed by atoms with E-state index < -0.39 is 4.92 Å². The highest BCUT2D eigenvalue weighted by Crippen LogP contribution is 2.21. The fourth-order valence-electron chi connectivity index (χ4n) is 1.85. The number of carbonyl (C=O) groups is 1. The van der Waals surface area contributed by atoms with Gasteiger partial charge in [-0.2, -0.15) is 0 Å². The molecule has 6 heteroatoms. The van der Waals surface area contributed by atoms with E-state index in [-0.39, 0.29) is 11.6 Å². The van der Waals surface area contributed by atoms with Gasteiger partial charge >= 0.3 is 0 Å². The van der Waals surface area contributed by atoms with E-state index >= 15 is 0 Å². The molecule has 2 aromatic carbocycles. The summed E-state index contributed by atoms with van der Waals surface area (Å²) in [7, 11) is 0. The number of nitro benzene ring substituents is 1. The maximum atomic E-state index is 11.9. The van der Waals surface area contributed by atoms with Gasteiger partial charge in [-0.05, 0) is 36.3 Å². The Hall–Kier alpha value is -2.66. The van der Waals surface area contributed by atoms with E-state index in [9.17, 15) is 14.9 Å². The normalized spacial score (nSPS) is 10.6. The topological polar surface area (TPSA) is 72.2 Å². The van der Waals surface area contributed by atoms with Gasteiger partial charge < -0.3 is 5.32 Å². The lowest BCUT2D eigenvalue weighted by Gasteiger charge is -2.06. The smallest absolute Gasteiger partial charge is 0.269 e. The zero-order valence-electron chi connectivity index (χ0n) is 11.7.